The van der Waals surface area contributed by atoms with E-state index in [4.69, 9.17) is 11.1 Å². The van der Waals surface area contributed by atoms with Crippen molar-refractivity contribution in [2.45, 2.75) is 25.7 Å². The quantitative estimate of drug-likeness (QED) is 0.547. The number of hydrogen-bond donors (Lipinski definition) is 3. The first-order valence-corrected chi connectivity index (χ1v) is 7.17. The molecular weight excluding hydrogens is 364 g/mol. The Kier molecular flexibility index (Phi) is 5.21. The molecule has 0 spiro atoms. The van der Waals surface area contributed by atoms with Gasteiger partial charge in [0.25, 0.3) is 0 Å². The van der Waals surface area contributed by atoms with Crippen LogP contribution in [0.2, 0.25) is 0 Å². The Morgan fingerprint density at radius 1 is 1.19 bits per heavy atom. The molecule has 0 saturated heterocycles. The molecule has 0 atom stereocenters. The van der Waals surface area contributed by atoms with Gasteiger partial charge in [0.05, 0.1) is 12.0 Å². The molecule has 5 N–H and O–H groups in total. The maximum absolute atomic E-state index is 12.9. The lowest BCUT2D eigenvalue weighted by Crippen LogP contribution is -2.90. The average molecular weight is 378 g/mol. The number of allylic oxidation sites excluding steroid dienone is 2. The van der Waals surface area contributed by atoms with Crippen molar-refractivity contribution in [1.29, 1.82) is 5.41 Å². The second kappa shape index (κ2) is 6.90. The van der Waals surface area contributed by atoms with Crippen LogP contribution in [0.4, 0.5) is 26.3 Å². The number of guanidine groups is 1. The van der Waals surface area contributed by atoms with Crippen molar-refractivity contribution in [3.05, 3.63) is 46.7 Å². The zero-order valence-corrected chi connectivity index (χ0v) is 13.3. The number of nitrogens with one attached hydrogen (secondary N) is 1. The van der Waals surface area contributed by atoms with E-state index in [1.54, 1.807) is 0 Å². The standard InChI is InChI=1S/C15H13F6N5/c1-7(22)4-11-12(25-26-13(23)24-11)10-3-2-9(15(19,20)21)5-8(10)6-14(16,17)18/h2-5,22H,6H2,1H3,(H3,23,24,26)/p+1/b11-4-,22-7?. The third kappa shape index (κ3) is 4.91. The number of rotatable bonds is 3. The number of nitrogens with two attached hydrogens (primary N) is 2. The first-order chi connectivity index (χ1) is 11.9. The van der Waals surface area contributed by atoms with Crippen LogP contribution in [-0.4, -0.2) is 23.6 Å². The third-order valence-corrected chi connectivity index (χ3v) is 3.29. The summed E-state index contributed by atoms with van der Waals surface area (Å²) in [7, 11) is 0. The van der Waals surface area contributed by atoms with Crippen LogP contribution < -0.4 is 11.1 Å². The largest absolute Gasteiger partial charge is 0.416 e. The summed E-state index contributed by atoms with van der Waals surface area (Å²) < 4.78 is 77.2. The van der Waals surface area contributed by atoms with Crippen LogP contribution in [0.1, 0.15) is 23.6 Å². The minimum atomic E-state index is -4.79. The van der Waals surface area contributed by atoms with Gasteiger partial charge in [0, 0.05) is 17.4 Å². The molecule has 1 heterocycles. The maximum atomic E-state index is 12.9. The summed E-state index contributed by atoms with van der Waals surface area (Å²) in [6.45, 7) is 1.42. The minimum absolute atomic E-state index is 0.0365. The van der Waals surface area contributed by atoms with Gasteiger partial charge in [-0.3, -0.25) is 0 Å². The van der Waals surface area contributed by atoms with Crippen molar-refractivity contribution in [2.24, 2.45) is 15.9 Å². The van der Waals surface area contributed by atoms with E-state index in [2.05, 4.69) is 10.2 Å². The number of nitrogens with zero attached hydrogens (tertiary/aromatic N) is 2. The van der Waals surface area contributed by atoms with Crippen LogP contribution in [0.25, 0.3) is 0 Å². The van der Waals surface area contributed by atoms with Crippen molar-refractivity contribution in [3.8, 4) is 0 Å². The van der Waals surface area contributed by atoms with Crippen molar-refractivity contribution < 1.29 is 31.7 Å². The topological polar surface area (TPSA) is 91.2 Å². The lowest BCUT2D eigenvalue weighted by Gasteiger charge is -2.17. The number of alkyl halides is 6. The molecule has 0 bridgehead atoms. The highest BCUT2D eigenvalue weighted by molar-refractivity contribution is 6.15. The van der Waals surface area contributed by atoms with Crippen LogP contribution in [0.5, 0.6) is 0 Å². The number of benzene rings is 1. The highest BCUT2D eigenvalue weighted by Gasteiger charge is 2.35. The van der Waals surface area contributed by atoms with Gasteiger partial charge in [0.1, 0.15) is 0 Å². The zero-order valence-electron chi connectivity index (χ0n) is 13.3. The lowest BCUT2D eigenvalue weighted by molar-refractivity contribution is -0.477. The summed E-state index contributed by atoms with van der Waals surface area (Å²) in [5.74, 6) is -0.0365. The molecule has 140 valence electrons. The van der Waals surface area contributed by atoms with Crippen LogP contribution in [0.15, 0.2) is 40.2 Å². The fourth-order valence-electron chi connectivity index (χ4n) is 2.34. The molecule has 2 rings (SSSR count). The second-order valence-electron chi connectivity index (χ2n) is 5.56. The molecule has 0 aliphatic carbocycles. The Hall–Kier alpha value is -2.69. The Morgan fingerprint density at radius 2 is 1.85 bits per heavy atom. The minimum Gasteiger partial charge on any atom is -0.336 e. The van der Waals surface area contributed by atoms with E-state index >= 15 is 0 Å². The molecule has 5 nitrogen and oxygen atoms in total. The molecule has 1 aliphatic heterocycles. The summed E-state index contributed by atoms with van der Waals surface area (Å²) in [5.41, 5.74) is 3.72. The van der Waals surface area contributed by atoms with E-state index in [1.165, 1.54) is 18.3 Å². The van der Waals surface area contributed by atoms with Crippen molar-refractivity contribution >= 4 is 17.4 Å². The molecule has 0 unspecified atom stereocenters. The molecule has 0 amide bonds. The number of hydrogen-bond acceptors (Lipinski definition) is 4. The molecule has 26 heavy (non-hydrogen) atoms. The fourth-order valence-corrected chi connectivity index (χ4v) is 2.34. The first-order valence-electron chi connectivity index (χ1n) is 7.17. The second-order valence-corrected chi connectivity index (χ2v) is 5.56. The van der Waals surface area contributed by atoms with E-state index in [0.717, 1.165) is 6.07 Å². The zero-order chi connectivity index (χ0) is 19.7. The van der Waals surface area contributed by atoms with Crippen LogP contribution >= 0.6 is 0 Å². The SMILES string of the molecule is CC(=N)/C=C1\[NH2+]C(N)=NN=C1c1ccc(C(F)(F)F)cc1CC(F)(F)F. The Labute approximate surface area is 143 Å². The Balaban J connectivity index is 2.65. The lowest BCUT2D eigenvalue weighted by atomic mass is 9.95. The van der Waals surface area contributed by atoms with Crippen LogP contribution in [-0.2, 0) is 12.6 Å². The van der Waals surface area contributed by atoms with Gasteiger partial charge in [-0.1, -0.05) is 11.2 Å². The third-order valence-electron chi connectivity index (χ3n) is 3.29. The normalized spacial score (nSPS) is 17.1. The summed E-state index contributed by atoms with van der Waals surface area (Å²) in [4.78, 5) is 0. The van der Waals surface area contributed by atoms with E-state index in [0.29, 0.717) is 12.1 Å². The number of halogens is 6. The van der Waals surface area contributed by atoms with Crippen molar-refractivity contribution in [1.82, 2.24) is 0 Å². The molecule has 1 aliphatic rings. The highest BCUT2D eigenvalue weighted by atomic mass is 19.4. The predicted molar refractivity (Wildman–Crippen MR) is 82.8 cm³/mol. The van der Waals surface area contributed by atoms with Crippen molar-refractivity contribution in [3.63, 3.8) is 0 Å². The maximum Gasteiger partial charge on any atom is 0.416 e. The van der Waals surface area contributed by atoms with E-state index in [1.807, 2.05) is 0 Å². The molecule has 0 aromatic heterocycles. The van der Waals surface area contributed by atoms with Crippen LogP contribution in [0, 0.1) is 5.41 Å². The summed E-state index contributed by atoms with van der Waals surface area (Å²) >= 11 is 0. The van der Waals surface area contributed by atoms with Gasteiger partial charge in [-0.05, 0) is 24.6 Å². The molecule has 1 aromatic rings. The van der Waals surface area contributed by atoms with E-state index < -0.39 is 29.9 Å². The van der Waals surface area contributed by atoms with E-state index in [-0.39, 0.29) is 28.6 Å². The smallest absolute Gasteiger partial charge is 0.336 e. The summed E-state index contributed by atoms with van der Waals surface area (Å²) in [6, 6.07) is 2.04. The first kappa shape index (κ1) is 19.6. The number of quaternary nitrogens is 1. The van der Waals surface area contributed by atoms with Gasteiger partial charge in [0.2, 0.25) is 0 Å². The van der Waals surface area contributed by atoms with Crippen molar-refractivity contribution in [2.75, 3.05) is 0 Å². The molecule has 1 aromatic carbocycles. The highest BCUT2D eigenvalue weighted by Crippen LogP contribution is 2.33. The van der Waals surface area contributed by atoms with Gasteiger partial charge >= 0.3 is 18.3 Å². The molecule has 0 saturated carbocycles. The van der Waals surface area contributed by atoms with Gasteiger partial charge < -0.3 is 11.1 Å². The summed E-state index contributed by atoms with van der Waals surface area (Å²) in [6.07, 6.45) is -9.79. The molecule has 0 fully saturated rings. The molecular formula is C15H14F6N5+. The monoisotopic (exact) mass is 378 g/mol. The average Bonchev–Trinajstić information content (AvgIpc) is 2.44. The summed E-state index contributed by atoms with van der Waals surface area (Å²) in [5, 5.41) is 16.1. The molecule has 0 radical (unpaired) electrons. The Morgan fingerprint density at radius 3 is 2.38 bits per heavy atom. The van der Waals surface area contributed by atoms with Gasteiger partial charge in [0.15, 0.2) is 11.4 Å². The van der Waals surface area contributed by atoms with E-state index in [9.17, 15) is 26.3 Å². The predicted octanol–water partition coefficient (Wildman–Crippen LogP) is 2.33. The Bertz CT molecular complexity index is 817. The van der Waals surface area contributed by atoms with Gasteiger partial charge in [-0.2, -0.15) is 26.3 Å². The van der Waals surface area contributed by atoms with Gasteiger partial charge in [-0.25, -0.2) is 5.32 Å². The fraction of sp³-hybridized carbons (Fsp3) is 0.267. The molecule has 11 heteroatoms. The van der Waals surface area contributed by atoms with Crippen LogP contribution in [0.3, 0.4) is 0 Å². The van der Waals surface area contributed by atoms with Gasteiger partial charge in [-0.15, -0.1) is 5.10 Å².